The van der Waals surface area contributed by atoms with E-state index in [0.717, 1.165) is 11.3 Å². The molecule has 1 heterocycles. The monoisotopic (exact) mass is 389 g/mol. The third-order valence-electron chi connectivity index (χ3n) is 3.53. The molecule has 1 aromatic heterocycles. The van der Waals surface area contributed by atoms with Gasteiger partial charge in [-0.25, -0.2) is 0 Å². The van der Waals surface area contributed by atoms with Crippen LogP contribution in [0.4, 0.5) is 0 Å². The second-order valence-corrected chi connectivity index (χ2v) is 6.83. The number of hydrogen-bond acceptors (Lipinski definition) is 6. The van der Waals surface area contributed by atoms with Gasteiger partial charge in [-0.05, 0) is 46.3 Å². The van der Waals surface area contributed by atoms with Crippen molar-refractivity contribution < 1.29 is 9.90 Å². The highest BCUT2D eigenvalue weighted by atomic mass is 35.5. The van der Waals surface area contributed by atoms with E-state index in [2.05, 4.69) is 20.8 Å². The first kappa shape index (κ1) is 18.2. The average molecular weight is 390 g/mol. The van der Waals surface area contributed by atoms with Crippen LogP contribution in [0.2, 0.25) is 5.02 Å². The smallest absolute Gasteiger partial charge is 0.221 e. The third-order valence-corrected chi connectivity index (χ3v) is 4.82. The quantitative estimate of drug-likeness (QED) is 0.603. The predicted octanol–water partition coefficient (Wildman–Crippen LogP) is 2.82. The highest BCUT2D eigenvalue weighted by molar-refractivity contribution is 7.99. The summed E-state index contributed by atoms with van der Waals surface area (Å²) in [5.41, 5.74) is 1.62. The first-order valence-corrected chi connectivity index (χ1v) is 9.20. The van der Waals surface area contributed by atoms with E-state index in [-0.39, 0.29) is 11.7 Å². The molecule has 3 rings (SSSR count). The van der Waals surface area contributed by atoms with Crippen molar-refractivity contribution in [2.75, 3.05) is 5.75 Å². The molecule has 2 N–H and O–H groups in total. The number of carbonyl (C=O) groups is 1. The van der Waals surface area contributed by atoms with Crippen molar-refractivity contribution in [3.8, 4) is 11.4 Å². The first-order valence-electron chi connectivity index (χ1n) is 7.84. The van der Waals surface area contributed by atoms with E-state index in [1.165, 1.54) is 11.8 Å². The summed E-state index contributed by atoms with van der Waals surface area (Å²) >= 11 is 7.45. The molecule has 0 bridgehead atoms. The van der Waals surface area contributed by atoms with E-state index >= 15 is 0 Å². The molecule has 0 fully saturated rings. The fourth-order valence-electron chi connectivity index (χ4n) is 2.18. The van der Waals surface area contributed by atoms with Crippen LogP contribution in [-0.4, -0.2) is 37.0 Å². The van der Waals surface area contributed by atoms with Crippen molar-refractivity contribution in [1.29, 1.82) is 0 Å². The molecule has 3 aromatic rings. The van der Waals surface area contributed by atoms with Gasteiger partial charge in [0.15, 0.2) is 0 Å². The van der Waals surface area contributed by atoms with E-state index in [1.807, 2.05) is 18.2 Å². The van der Waals surface area contributed by atoms with Gasteiger partial charge in [0.05, 0.1) is 5.69 Å². The van der Waals surface area contributed by atoms with Crippen molar-refractivity contribution in [3.05, 3.63) is 59.1 Å². The lowest BCUT2D eigenvalue weighted by Gasteiger charge is -2.07. The summed E-state index contributed by atoms with van der Waals surface area (Å²) in [5, 5.41) is 25.0. The Morgan fingerprint density at radius 1 is 1.19 bits per heavy atom. The molecule has 1 amide bonds. The maximum absolute atomic E-state index is 12.0. The number of phenolic OH excluding ortho intramolecular Hbond substituents is 1. The van der Waals surface area contributed by atoms with E-state index in [1.54, 1.807) is 35.0 Å². The Labute approximate surface area is 159 Å². The first-order chi connectivity index (χ1) is 12.6. The SMILES string of the molecule is O=C(CCSc1nnnn1-c1ccc(O)cc1)NCc1ccccc1Cl. The molecule has 0 aliphatic heterocycles. The minimum atomic E-state index is -0.0684. The average Bonchev–Trinajstić information content (AvgIpc) is 3.10. The van der Waals surface area contributed by atoms with Gasteiger partial charge in [-0.2, -0.15) is 4.68 Å². The van der Waals surface area contributed by atoms with Crippen molar-refractivity contribution in [2.24, 2.45) is 0 Å². The zero-order valence-corrected chi connectivity index (χ0v) is 15.2. The zero-order chi connectivity index (χ0) is 18.4. The number of aromatic hydroxyl groups is 1. The van der Waals surface area contributed by atoms with Gasteiger partial charge in [0.2, 0.25) is 11.1 Å². The number of nitrogens with one attached hydrogen (secondary N) is 1. The van der Waals surface area contributed by atoms with Gasteiger partial charge in [-0.3, -0.25) is 4.79 Å². The molecule has 9 heteroatoms. The summed E-state index contributed by atoms with van der Waals surface area (Å²) in [6.07, 6.45) is 0.331. The number of thioether (sulfide) groups is 1. The number of phenols is 1. The van der Waals surface area contributed by atoms with E-state index in [9.17, 15) is 9.90 Å². The zero-order valence-electron chi connectivity index (χ0n) is 13.7. The van der Waals surface area contributed by atoms with Crippen LogP contribution in [0.5, 0.6) is 5.75 Å². The van der Waals surface area contributed by atoms with Gasteiger partial charge in [0, 0.05) is 23.7 Å². The van der Waals surface area contributed by atoms with Gasteiger partial charge in [-0.1, -0.05) is 41.6 Å². The number of halogens is 1. The maximum Gasteiger partial charge on any atom is 0.221 e. The third kappa shape index (κ3) is 4.74. The Bertz CT molecular complexity index is 885. The highest BCUT2D eigenvalue weighted by Gasteiger charge is 2.10. The van der Waals surface area contributed by atoms with Gasteiger partial charge in [-0.15, -0.1) is 5.10 Å². The molecule has 0 atom stereocenters. The summed E-state index contributed by atoms with van der Waals surface area (Å²) in [6.45, 7) is 0.397. The minimum Gasteiger partial charge on any atom is -0.508 e. The van der Waals surface area contributed by atoms with Crippen LogP contribution >= 0.6 is 23.4 Å². The summed E-state index contributed by atoms with van der Waals surface area (Å²) in [6, 6.07) is 14.0. The molecule has 0 spiro atoms. The maximum atomic E-state index is 12.0. The van der Waals surface area contributed by atoms with Crippen molar-refractivity contribution >= 4 is 29.3 Å². The van der Waals surface area contributed by atoms with Crippen LogP contribution in [0.25, 0.3) is 5.69 Å². The van der Waals surface area contributed by atoms with Gasteiger partial charge in [0.25, 0.3) is 0 Å². The van der Waals surface area contributed by atoms with Crippen molar-refractivity contribution in [1.82, 2.24) is 25.5 Å². The Morgan fingerprint density at radius 3 is 2.73 bits per heavy atom. The Morgan fingerprint density at radius 2 is 1.96 bits per heavy atom. The number of hydrogen-bond donors (Lipinski definition) is 2. The van der Waals surface area contributed by atoms with E-state index in [0.29, 0.717) is 28.9 Å². The van der Waals surface area contributed by atoms with Gasteiger partial charge < -0.3 is 10.4 Å². The Kier molecular flexibility index (Phi) is 6.08. The number of nitrogens with zero attached hydrogens (tertiary/aromatic N) is 4. The number of carbonyl (C=O) groups excluding carboxylic acids is 1. The molecule has 26 heavy (non-hydrogen) atoms. The number of rotatable bonds is 7. The number of tetrazole rings is 1. The second-order valence-electron chi connectivity index (χ2n) is 5.36. The molecule has 0 radical (unpaired) electrons. The normalized spacial score (nSPS) is 10.7. The van der Waals surface area contributed by atoms with E-state index < -0.39 is 0 Å². The number of aromatic nitrogens is 4. The van der Waals surface area contributed by atoms with Crippen LogP contribution in [0.1, 0.15) is 12.0 Å². The van der Waals surface area contributed by atoms with Crippen LogP contribution < -0.4 is 5.32 Å². The Balaban J connectivity index is 1.49. The lowest BCUT2D eigenvalue weighted by molar-refractivity contribution is -0.120. The van der Waals surface area contributed by atoms with Gasteiger partial charge >= 0.3 is 0 Å². The summed E-state index contributed by atoms with van der Waals surface area (Å²) in [4.78, 5) is 12.0. The number of amides is 1. The molecule has 0 aliphatic carbocycles. The van der Waals surface area contributed by atoms with Crippen molar-refractivity contribution in [3.63, 3.8) is 0 Å². The van der Waals surface area contributed by atoms with Crippen LogP contribution in [0, 0.1) is 0 Å². The van der Waals surface area contributed by atoms with Crippen LogP contribution in [0.15, 0.2) is 53.7 Å². The lowest BCUT2D eigenvalue weighted by Crippen LogP contribution is -2.23. The molecule has 134 valence electrons. The summed E-state index contributed by atoms with van der Waals surface area (Å²) in [5.74, 6) is 0.639. The molecular formula is C17H16ClN5O2S. The lowest BCUT2D eigenvalue weighted by atomic mass is 10.2. The number of benzene rings is 2. The molecule has 0 saturated carbocycles. The van der Waals surface area contributed by atoms with Crippen molar-refractivity contribution in [2.45, 2.75) is 18.1 Å². The fraction of sp³-hybridized carbons (Fsp3) is 0.176. The van der Waals surface area contributed by atoms with Crippen LogP contribution in [0.3, 0.4) is 0 Å². The molecular weight excluding hydrogens is 374 g/mol. The standard InChI is InChI=1S/C17H16ClN5O2S/c18-15-4-2-1-3-12(15)11-19-16(25)9-10-26-17-20-21-22-23(17)13-5-7-14(24)8-6-13/h1-8,24H,9-11H2,(H,19,25). The molecule has 0 aliphatic rings. The summed E-state index contributed by atoms with van der Waals surface area (Å²) < 4.78 is 1.56. The topological polar surface area (TPSA) is 92.9 Å². The molecule has 0 saturated heterocycles. The highest BCUT2D eigenvalue weighted by Crippen LogP contribution is 2.20. The largest absolute Gasteiger partial charge is 0.508 e. The fourth-order valence-corrected chi connectivity index (χ4v) is 3.21. The van der Waals surface area contributed by atoms with E-state index in [4.69, 9.17) is 11.6 Å². The van der Waals surface area contributed by atoms with Gasteiger partial charge in [0.1, 0.15) is 5.75 Å². The predicted molar refractivity (Wildman–Crippen MR) is 99.5 cm³/mol. The molecule has 2 aromatic carbocycles. The molecule has 7 nitrogen and oxygen atoms in total. The minimum absolute atomic E-state index is 0.0684. The van der Waals surface area contributed by atoms with Crippen LogP contribution in [-0.2, 0) is 11.3 Å². The summed E-state index contributed by atoms with van der Waals surface area (Å²) in [7, 11) is 0. The Hall–Kier alpha value is -2.58. The second kappa shape index (κ2) is 8.68. The molecule has 0 unspecified atom stereocenters.